The van der Waals surface area contributed by atoms with Crippen molar-refractivity contribution in [2.45, 2.75) is 4.90 Å². The van der Waals surface area contributed by atoms with Crippen LogP contribution in [0.5, 0.6) is 0 Å². The number of benzene rings is 2. The zero-order valence-corrected chi connectivity index (χ0v) is 10.6. The predicted octanol–water partition coefficient (Wildman–Crippen LogP) is 1.13. The normalized spacial score (nSPS) is 11.6. The van der Waals surface area contributed by atoms with Gasteiger partial charge in [-0.05, 0) is 11.5 Å². The van der Waals surface area contributed by atoms with Gasteiger partial charge in [-0.1, -0.05) is 41.3 Å². The second kappa shape index (κ2) is 5.35. The molecule has 0 bridgehead atoms. The first kappa shape index (κ1) is 13.5. The molecule has 0 amide bonds. The van der Waals surface area contributed by atoms with Gasteiger partial charge in [-0.2, -0.15) is 0 Å². The Labute approximate surface area is 109 Å². The van der Waals surface area contributed by atoms with Gasteiger partial charge in [-0.15, -0.1) is 0 Å². The van der Waals surface area contributed by atoms with Crippen LogP contribution in [-0.2, 0) is 19.7 Å². The van der Waals surface area contributed by atoms with E-state index >= 15 is 0 Å². The van der Waals surface area contributed by atoms with Crippen molar-refractivity contribution in [2.24, 2.45) is 0 Å². The van der Waals surface area contributed by atoms with E-state index in [2.05, 4.69) is 4.84 Å². The van der Waals surface area contributed by atoms with Gasteiger partial charge in [0.05, 0.1) is 4.90 Å². The minimum atomic E-state index is -3.92. The van der Waals surface area contributed by atoms with Gasteiger partial charge in [0.25, 0.3) is 10.0 Å². The van der Waals surface area contributed by atoms with Gasteiger partial charge >= 0.3 is 5.97 Å². The van der Waals surface area contributed by atoms with E-state index in [4.69, 9.17) is 5.11 Å². The molecule has 0 aliphatic carbocycles. The summed E-state index contributed by atoms with van der Waals surface area (Å²) in [7, 11) is -3.92. The van der Waals surface area contributed by atoms with Crippen molar-refractivity contribution < 1.29 is 23.2 Å². The molecule has 100 valence electrons. The van der Waals surface area contributed by atoms with E-state index in [0.717, 1.165) is 5.39 Å². The summed E-state index contributed by atoms with van der Waals surface area (Å²) in [6.07, 6.45) is 0. The molecular weight excluding hydrogens is 270 g/mol. The van der Waals surface area contributed by atoms with Gasteiger partial charge in [0.2, 0.25) is 0 Å². The third kappa shape index (κ3) is 3.08. The minimum Gasteiger partial charge on any atom is -0.479 e. The molecule has 2 N–H and O–H groups in total. The van der Waals surface area contributed by atoms with E-state index < -0.39 is 22.6 Å². The lowest BCUT2D eigenvalue weighted by molar-refractivity contribution is -0.143. The number of carboxylic acid groups (broad SMARTS) is 1. The highest BCUT2D eigenvalue weighted by molar-refractivity contribution is 7.89. The van der Waals surface area contributed by atoms with E-state index in [1.807, 2.05) is 0 Å². The number of rotatable bonds is 5. The summed E-state index contributed by atoms with van der Waals surface area (Å²) in [5, 5.41) is 9.70. The fourth-order valence-electron chi connectivity index (χ4n) is 1.64. The Hall–Kier alpha value is -1.96. The second-order valence-electron chi connectivity index (χ2n) is 3.75. The van der Waals surface area contributed by atoms with Crippen LogP contribution in [-0.4, -0.2) is 26.1 Å². The summed E-state index contributed by atoms with van der Waals surface area (Å²) in [6, 6.07) is 11.8. The Kier molecular flexibility index (Phi) is 3.79. The molecule has 0 radical (unpaired) electrons. The molecule has 2 rings (SSSR count). The number of carbonyl (C=O) groups is 1. The lowest BCUT2D eigenvalue weighted by Crippen LogP contribution is -2.27. The maximum atomic E-state index is 12.0. The molecule has 0 saturated carbocycles. The van der Waals surface area contributed by atoms with Gasteiger partial charge in [0, 0.05) is 5.39 Å². The quantitative estimate of drug-likeness (QED) is 0.801. The van der Waals surface area contributed by atoms with Gasteiger partial charge in [-0.3, -0.25) is 4.84 Å². The van der Waals surface area contributed by atoms with Crippen LogP contribution in [0.15, 0.2) is 47.4 Å². The van der Waals surface area contributed by atoms with Crippen LogP contribution in [0.2, 0.25) is 0 Å². The van der Waals surface area contributed by atoms with Crippen molar-refractivity contribution in [2.75, 3.05) is 6.61 Å². The summed E-state index contributed by atoms with van der Waals surface area (Å²) >= 11 is 0. The van der Waals surface area contributed by atoms with Gasteiger partial charge < -0.3 is 5.11 Å². The van der Waals surface area contributed by atoms with Gasteiger partial charge in [0.15, 0.2) is 6.61 Å². The maximum absolute atomic E-state index is 12.0. The van der Waals surface area contributed by atoms with Crippen LogP contribution in [0.3, 0.4) is 0 Å². The Morgan fingerprint density at radius 1 is 1.16 bits per heavy atom. The second-order valence-corrected chi connectivity index (χ2v) is 5.36. The smallest absolute Gasteiger partial charge is 0.331 e. The van der Waals surface area contributed by atoms with Crippen molar-refractivity contribution in [1.29, 1.82) is 0 Å². The van der Waals surface area contributed by atoms with E-state index in [1.165, 1.54) is 6.07 Å². The summed E-state index contributed by atoms with van der Waals surface area (Å²) in [6.45, 7) is -0.746. The molecule has 0 aliphatic rings. The van der Waals surface area contributed by atoms with Crippen molar-refractivity contribution in [1.82, 2.24) is 4.89 Å². The Morgan fingerprint density at radius 2 is 1.84 bits per heavy atom. The SMILES string of the molecule is O=C(O)CONS(=O)(=O)c1cccc2ccccc12. The third-order valence-electron chi connectivity index (χ3n) is 2.40. The van der Waals surface area contributed by atoms with Crippen molar-refractivity contribution in [3.05, 3.63) is 42.5 Å². The largest absolute Gasteiger partial charge is 0.479 e. The standard InChI is InChI=1S/C12H11NO5S/c14-12(15)8-18-13-19(16,17)11-7-3-5-9-4-1-2-6-10(9)11/h1-7,13H,8H2,(H,14,15). The Morgan fingerprint density at radius 3 is 2.58 bits per heavy atom. The zero-order valence-electron chi connectivity index (χ0n) is 9.74. The summed E-state index contributed by atoms with van der Waals surface area (Å²) in [4.78, 5) is 16.5. The van der Waals surface area contributed by atoms with E-state index in [1.54, 1.807) is 41.3 Å². The summed E-state index contributed by atoms with van der Waals surface area (Å²) < 4.78 is 24.0. The molecule has 0 heterocycles. The average Bonchev–Trinajstić information content (AvgIpc) is 2.37. The molecule has 2 aromatic carbocycles. The minimum absolute atomic E-state index is 0.0380. The topological polar surface area (TPSA) is 92.7 Å². The Balaban J connectivity index is 2.35. The van der Waals surface area contributed by atoms with Gasteiger partial charge in [0.1, 0.15) is 0 Å². The van der Waals surface area contributed by atoms with Gasteiger partial charge in [-0.25, -0.2) is 13.2 Å². The fraction of sp³-hybridized carbons (Fsp3) is 0.0833. The summed E-state index contributed by atoms with van der Waals surface area (Å²) in [5.74, 6) is -1.26. The molecule has 7 heteroatoms. The molecule has 0 saturated heterocycles. The van der Waals surface area contributed by atoms with Crippen molar-refractivity contribution in [3.8, 4) is 0 Å². The fourth-order valence-corrected chi connectivity index (χ4v) is 2.68. The first-order valence-corrected chi connectivity index (χ1v) is 6.82. The molecule has 0 spiro atoms. The van der Waals surface area contributed by atoms with Crippen molar-refractivity contribution >= 4 is 26.8 Å². The van der Waals surface area contributed by atoms with Crippen molar-refractivity contribution in [3.63, 3.8) is 0 Å². The molecule has 2 aromatic rings. The highest BCUT2D eigenvalue weighted by Crippen LogP contribution is 2.22. The number of hydrogen-bond donors (Lipinski definition) is 2. The van der Waals surface area contributed by atoms with Crippen LogP contribution < -0.4 is 4.89 Å². The number of aliphatic carboxylic acids is 1. The number of sulfonamides is 1. The third-order valence-corrected chi connectivity index (χ3v) is 3.68. The highest BCUT2D eigenvalue weighted by atomic mass is 32.2. The monoisotopic (exact) mass is 281 g/mol. The molecule has 0 atom stereocenters. The van der Waals surface area contributed by atoms with Crippen LogP contribution >= 0.6 is 0 Å². The van der Waals surface area contributed by atoms with E-state index in [0.29, 0.717) is 5.39 Å². The number of hydrogen-bond acceptors (Lipinski definition) is 4. The van der Waals surface area contributed by atoms with Crippen LogP contribution in [0.4, 0.5) is 0 Å². The average molecular weight is 281 g/mol. The molecule has 0 fully saturated rings. The van der Waals surface area contributed by atoms with Crippen LogP contribution in [0.1, 0.15) is 0 Å². The van der Waals surface area contributed by atoms with Crippen LogP contribution in [0, 0.1) is 0 Å². The lowest BCUT2D eigenvalue weighted by atomic mass is 10.1. The Bertz CT molecular complexity index is 706. The van der Waals surface area contributed by atoms with E-state index in [9.17, 15) is 13.2 Å². The highest BCUT2D eigenvalue weighted by Gasteiger charge is 2.17. The van der Waals surface area contributed by atoms with E-state index in [-0.39, 0.29) is 4.90 Å². The predicted molar refractivity (Wildman–Crippen MR) is 67.9 cm³/mol. The zero-order chi connectivity index (χ0) is 13.9. The summed E-state index contributed by atoms with van der Waals surface area (Å²) in [5.41, 5.74) is 0. The first-order chi connectivity index (χ1) is 9.00. The molecule has 0 unspecified atom stereocenters. The molecule has 0 aromatic heterocycles. The molecule has 6 nitrogen and oxygen atoms in total. The number of nitrogens with one attached hydrogen (secondary N) is 1. The first-order valence-electron chi connectivity index (χ1n) is 5.34. The molecule has 19 heavy (non-hydrogen) atoms. The number of carboxylic acids is 1. The lowest BCUT2D eigenvalue weighted by Gasteiger charge is -2.08. The number of fused-ring (bicyclic) bond motifs is 1. The van der Waals surface area contributed by atoms with Crippen LogP contribution in [0.25, 0.3) is 10.8 Å². The maximum Gasteiger partial charge on any atom is 0.331 e. The molecule has 0 aliphatic heterocycles. The molecular formula is C12H11NO5S.